The van der Waals surface area contributed by atoms with Crippen molar-refractivity contribution < 1.29 is 17.9 Å². The average molecular weight is 398 g/mol. The van der Waals surface area contributed by atoms with Gasteiger partial charge in [0, 0.05) is 6.54 Å². The Morgan fingerprint density at radius 3 is 2.04 bits per heavy atom. The molecule has 0 fully saturated rings. The van der Waals surface area contributed by atoms with Crippen LogP contribution in [0.4, 0.5) is 0 Å². The van der Waals surface area contributed by atoms with Crippen molar-refractivity contribution in [1.29, 1.82) is 0 Å². The number of hydrogen-bond donors (Lipinski definition) is 1. The first-order valence-electron chi connectivity index (χ1n) is 10.3. The molecule has 0 aromatic heterocycles. The smallest absolute Gasteiger partial charge is 0.339 e. The Morgan fingerprint density at radius 1 is 0.889 bits per heavy atom. The fourth-order valence-corrected chi connectivity index (χ4v) is 4.20. The molecule has 6 heteroatoms. The minimum absolute atomic E-state index is 0.0278. The molecule has 0 atom stereocenters. The molecule has 5 nitrogen and oxygen atoms in total. The lowest BCUT2D eigenvalue weighted by Gasteiger charge is -2.10. The first kappa shape index (κ1) is 23.6. The van der Waals surface area contributed by atoms with Crippen LogP contribution in [-0.2, 0) is 14.8 Å². The normalized spacial score (nSPS) is 11.5. The minimum atomic E-state index is -3.69. The van der Waals surface area contributed by atoms with Gasteiger partial charge in [0.25, 0.3) is 0 Å². The van der Waals surface area contributed by atoms with E-state index in [-0.39, 0.29) is 17.0 Å². The summed E-state index contributed by atoms with van der Waals surface area (Å²) in [5.41, 5.74) is 0.0885. The Labute approximate surface area is 164 Å². The molecule has 0 saturated heterocycles. The van der Waals surface area contributed by atoms with E-state index in [2.05, 4.69) is 11.6 Å². The Balaban J connectivity index is 2.28. The molecule has 1 N–H and O–H groups in total. The molecule has 0 spiro atoms. The zero-order valence-electron chi connectivity index (χ0n) is 16.8. The molecule has 0 heterocycles. The van der Waals surface area contributed by atoms with Gasteiger partial charge < -0.3 is 4.74 Å². The predicted molar refractivity (Wildman–Crippen MR) is 109 cm³/mol. The summed E-state index contributed by atoms with van der Waals surface area (Å²) in [6, 6.07) is 6.16. The summed E-state index contributed by atoms with van der Waals surface area (Å²) >= 11 is 0. The van der Waals surface area contributed by atoms with Crippen LogP contribution < -0.4 is 4.72 Å². The third-order valence-electron chi connectivity index (χ3n) is 4.46. The van der Waals surface area contributed by atoms with Crippen molar-refractivity contribution in [2.75, 3.05) is 13.2 Å². The highest BCUT2D eigenvalue weighted by Crippen LogP contribution is 2.17. The van der Waals surface area contributed by atoms with Crippen molar-refractivity contribution in [2.45, 2.75) is 83.0 Å². The van der Waals surface area contributed by atoms with Crippen LogP contribution in [0.25, 0.3) is 0 Å². The molecule has 154 valence electrons. The van der Waals surface area contributed by atoms with Gasteiger partial charge in [0.05, 0.1) is 17.1 Å². The van der Waals surface area contributed by atoms with Gasteiger partial charge in [-0.3, -0.25) is 0 Å². The number of benzene rings is 1. The summed E-state index contributed by atoms with van der Waals surface area (Å²) in [6.45, 7) is 4.52. The van der Waals surface area contributed by atoms with E-state index in [1.807, 2.05) is 0 Å². The quantitative estimate of drug-likeness (QED) is 0.331. The molecular formula is C21H35NO4S. The first-order valence-corrected chi connectivity index (χ1v) is 11.8. The molecule has 1 rings (SSSR count). The van der Waals surface area contributed by atoms with Crippen LogP contribution in [0.1, 0.15) is 88.4 Å². The summed E-state index contributed by atoms with van der Waals surface area (Å²) < 4.78 is 32.1. The van der Waals surface area contributed by atoms with E-state index in [4.69, 9.17) is 4.74 Å². The van der Waals surface area contributed by atoms with Gasteiger partial charge in [-0.1, -0.05) is 83.8 Å². The third kappa shape index (κ3) is 9.38. The Bertz CT molecular complexity index is 643. The van der Waals surface area contributed by atoms with E-state index in [0.29, 0.717) is 6.61 Å². The van der Waals surface area contributed by atoms with Crippen molar-refractivity contribution in [3.8, 4) is 0 Å². The van der Waals surface area contributed by atoms with Crippen LogP contribution in [0.15, 0.2) is 29.2 Å². The number of sulfonamides is 1. The molecule has 0 aliphatic heterocycles. The number of nitrogens with one attached hydrogen (secondary N) is 1. The van der Waals surface area contributed by atoms with Crippen LogP contribution in [0.3, 0.4) is 0 Å². The van der Waals surface area contributed by atoms with Crippen molar-refractivity contribution in [2.24, 2.45) is 0 Å². The Morgan fingerprint density at radius 2 is 1.44 bits per heavy atom. The Kier molecular flexibility index (Phi) is 12.0. The number of ether oxygens (including phenoxy) is 1. The van der Waals surface area contributed by atoms with Crippen LogP contribution >= 0.6 is 0 Å². The largest absolute Gasteiger partial charge is 0.462 e. The fourth-order valence-electron chi connectivity index (χ4n) is 2.97. The monoisotopic (exact) mass is 397 g/mol. The maximum absolute atomic E-state index is 12.3. The fraction of sp³-hybridized carbons (Fsp3) is 0.667. The summed E-state index contributed by atoms with van der Waals surface area (Å²) in [4.78, 5) is 12.2. The van der Waals surface area contributed by atoms with Gasteiger partial charge in [0.1, 0.15) is 0 Å². The standard InChI is InChI=1S/C21H35NO4S/c1-3-5-6-7-8-9-10-11-12-15-18-26-21(23)19-16-13-14-17-20(19)27(24,25)22-4-2/h13-14,16-17,22H,3-12,15,18H2,1-2H3. The van der Waals surface area contributed by atoms with Gasteiger partial charge in [-0.15, -0.1) is 0 Å². The Hall–Kier alpha value is -1.40. The minimum Gasteiger partial charge on any atom is -0.462 e. The molecule has 27 heavy (non-hydrogen) atoms. The summed E-state index contributed by atoms with van der Waals surface area (Å²) in [7, 11) is -3.69. The van der Waals surface area contributed by atoms with E-state index < -0.39 is 16.0 Å². The second-order valence-electron chi connectivity index (χ2n) is 6.82. The van der Waals surface area contributed by atoms with E-state index in [1.165, 1.54) is 57.1 Å². The molecule has 0 aliphatic rings. The van der Waals surface area contributed by atoms with Gasteiger partial charge in [-0.25, -0.2) is 17.9 Å². The van der Waals surface area contributed by atoms with Crippen molar-refractivity contribution in [3.63, 3.8) is 0 Å². The lowest BCUT2D eigenvalue weighted by atomic mass is 10.1. The number of carbonyl (C=O) groups is 1. The molecule has 1 aromatic carbocycles. The lowest BCUT2D eigenvalue weighted by Crippen LogP contribution is -2.25. The number of esters is 1. The summed E-state index contributed by atoms with van der Waals surface area (Å²) in [5.74, 6) is -0.581. The molecular weight excluding hydrogens is 362 g/mol. The third-order valence-corrected chi connectivity index (χ3v) is 6.07. The first-order chi connectivity index (χ1) is 13.0. The van der Waals surface area contributed by atoms with Gasteiger partial charge in [0.15, 0.2) is 0 Å². The molecule has 0 saturated carbocycles. The number of rotatable bonds is 15. The zero-order chi connectivity index (χ0) is 20.0. The van der Waals surface area contributed by atoms with Gasteiger partial charge in [0.2, 0.25) is 10.0 Å². The predicted octanol–water partition coefficient (Wildman–Crippen LogP) is 5.06. The van der Waals surface area contributed by atoms with Crippen LogP contribution in [-0.4, -0.2) is 27.5 Å². The zero-order valence-corrected chi connectivity index (χ0v) is 17.7. The van der Waals surface area contributed by atoms with Gasteiger partial charge in [-0.2, -0.15) is 0 Å². The van der Waals surface area contributed by atoms with Gasteiger partial charge >= 0.3 is 5.97 Å². The van der Waals surface area contributed by atoms with Crippen molar-refractivity contribution in [3.05, 3.63) is 29.8 Å². The molecule has 0 radical (unpaired) electrons. The van der Waals surface area contributed by atoms with Crippen molar-refractivity contribution in [1.82, 2.24) is 4.72 Å². The highest BCUT2D eigenvalue weighted by Gasteiger charge is 2.22. The van der Waals surface area contributed by atoms with Crippen LogP contribution in [0.5, 0.6) is 0 Å². The van der Waals surface area contributed by atoms with Crippen LogP contribution in [0.2, 0.25) is 0 Å². The SMILES string of the molecule is CCCCCCCCCCCCOC(=O)c1ccccc1S(=O)(=O)NCC. The highest BCUT2D eigenvalue weighted by atomic mass is 32.2. The average Bonchev–Trinajstić information content (AvgIpc) is 2.66. The van der Waals surface area contributed by atoms with E-state index in [1.54, 1.807) is 19.1 Å². The number of hydrogen-bond acceptors (Lipinski definition) is 4. The van der Waals surface area contributed by atoms with Crippen LogP contribution in [0, 0.1) is 0 Å². The van der Waals surface area contributed by atoms with E-state index in [0.717, 1.165) is 19.3 Å². The molecule has 0 bridgehead atoms. The summed E-state index contributed by atoms with van der Waals surface area (Å²) in [5, 5.41) is 0. The molecule has 0 aliphatic carbocycles. The molecule has 1 aromatic rings. The van der Waals surface area contributed by atoms with E-state index in [9.17, 15) is 13.2 Å². The maximum atomic E-state index is 12.3. The topological polar surface area (TPSA) is 72.5 Å². The molecule has 0 amide bonds. The van der Waals surface area contributed by atoms with E-state index >= 15 is 0 Å². The van der Waals surface area contributed by atoms with Gasteiger partial charge in [-0.05, 0) is 18.6 Å². The second-order valence-corrected chi connectivity index (χ2v) is 8.55. The second kappa shape index (κ2) is 13.7. The number of unbranched alkanes of at least 4 members (excludes halogenated alkanes) is 9. The maximum Gasteiger partial charge on any atom is 0.339 e. The lowest BCUT2D eigenvalue weighted by molar-refractivity contribution is 0.0493. The van der Waals surface area contributed by atoms with Crippen molar-refractivity contribution >= 4 is 16.0 Å². The summed E-state index contributed by atoms with van der Waals surface area (Å²) in [6.07, 6.45) is 12.1. The highest BCUT2D eigenvalue weighted by molar-refractivity contribution is 7.89. The molecule has 0 unspecified atom stereocenters. The number of carbonyl (C=O) groups excluding carboxylic acids is 1.